The third-order valence-electron chi connectivity index (χ3n) is 2.53. The van der Waals surface area contributed by atoms with Crippen LogP contribution >= 0.6 is 0 Å². The Morgan fingerprint density at radius 3 is 2.60 bits per heavy atom. The molecule has 15 heavy (non-hydrogen) atoms. The van der Waals surface area contributed by atoms with E-state index in [1.807, 2.05) is 39.2 Å². The summed E-state index contributed by atoms with van der Waals surface area (Å²) in [5.41, 5.74) is 3.12. The SMILES string of the molecule is CNCC(NC)c1ccc(C#N)cc1C. The van der Waals surface area contributed by atoms with Crippen molar-refractivity contribution in [3.8, 4) is 6.07 Å². The van der Waals surface area contributed by atoms with Crippen LogP contribution in [-0.2, 0) is 0 Å². The minimum Gasteiger partial charge on any atom is -0.318 e. The van der Waals surface area contributed by atoms with Gasteiger partial charge in [0.1, 0.15) is 0 Å². The Balaban J connectivity index is 2.98. The molecule has 1 unspecified atom stereocenters. The monoisotopic (exact) mass is 203 g/mol. The number of likely N-dealkylation sites (N-methyl/N-ethyl adjacent to an activating group) is 2. The Bertz CT molecular complexity index is 366. The molecule has 1 atom stereocenters. The lowest BCUT2D eigenvalue weighted by atomic mass is 9.99. The van der Waals surface area contributed by atoms with Crippen LogP contribution in [0.4, 0.5) is 0 Å². The highest BCUT2D eigenvalue weighted by Gasteiger charge is 2.10. The number of aryl methyl sites for hydroxylation is 1. The van der Waals surface area contributed by atoms with Crippen molar-refractivity contribution in [1.82, 2.24) is 10.6 Å². The van der Waals surface area contributed by atoms with Gasteiger partial charge in [-0.25, -0.2) is 0 Å². The predicted molar refractivity (Wildman–Crippen MR) is 61.6 cm³/mol. The summed E-state index contributed by atoms with van der Waals surface area (Å²) in [7, 11) is 3.88. The van der Waals surface area contributed by atoms with E-state index >= 15 is 0 Å². The molecular weight excluding hydrogens is 186 g/mol. The lowest BCUT2D eigenvalue weighted by Crippen LogP contribution is -2.27. The molecule has 0 saturated carbocycles. The van der Waals surface area contributed by atoms with Gasteiger partial charge in [0.15, 0.2) is 0 Å². The van der Waals surface area contributed by atoms with Gasteiger partial charge in [-0.05, 0) is 44.3 Å². The van der Waals surface area contributed by atoms with E-state index < -0.39 is 0 Å². The molecule has 0 aliphatic carbocycles. The fourth-order valence-electron chi connectivity index (χ4n) is 1.71. The average Bonchev–Trinajstić information content (AvgIpc) is 2.26. The Labute approximate surface area is 91.1 Å². The molecule has 0 fully saturated rings. The summed E-state index contributed by atoms with van der Waals surface area (Å²) in [5, 5.41) is 15.2. The van der Waals surface area contributed by atoms with Crippen LogP contribution < -0.4 is 10.6 Å². The van der Waals surface area contributed by atoms with Gasteiger partial charge in [-0.1, -0.05) is 6.07 Å². The first kappa shape index (κ1) is 11.7. The van der Waals surface area contributed by atoms with E-state index in [-0.39, 0.29) is 0 Å². The quantitative estimate of drug-likeness (QED) is 0.776. The number of hydrogen-bond donors (Lipinski definition) is 2. The minimum absolute atomic E-state index is 0.294. The molecule has 0 radical (unpaired) electrons. The summed E-state index contributed by atoms with van der Waals surface area (Å²) in [5.74, 6) is 0. The standard InChI is InChI=1S/C12H17N3/c1-9-6-10(7-13)4-5-11(9)12(15-3)8-14-2/h4-6,12,14-15H,8H2,1-3H3. The fraction of sp³-hybridized carbons (Fsp3) is 0.417. The molecule has 0 saturated heterocycles. The van der Waals surface area contributed by atoms with Gasteiger partial charge < -0.3 is 10.6 Å². The van der Waals surface area contributed by atoms with Gasteiger partial charge in [0.2, 0.25) is 0 Å². The average molecular weight is 203 g/mol. The maximum Gasteiger partial charge on any atom is 0.0991 e. The zero-order valence-corrected chi connectivity index (χ0v) is 9.46. The van der Waals surface area contributed by atoms with Crippen molar-refractivity contribution in [2.45, 2.75) is 13.0 Å². The third kappa shape index (κ3) is 2.79. The second kappa shape index (κ2) is 5.50. The maximum absolute atomic E-state index is 8.77. The van der Waals surface area contributed by atoms with Crippen molar-refractivity contribution >= 4 is 0 Å². The molecule has 1 aromatic carbocycles. The first-order valence-corrected chi connectivity index (χ1v) is 5.05. The third-order valence-corrected chi connectivity index (χ3v) is 2.53. The van der Waals surface area contributed by atoms with Crippen molar-refractivity contribution < 1.29 is 0 Å². The van der Waals surface area contributed by atoms with Crippen molar-refractivity contribution in [3.05, 3.63) is 34.9 Å². The molecule has 2 N–H and O–H groups in total. The Morgan fingerprint density at radius 2 is 2.13 bits per heavy atom. The molecular formula is C12H17N3. The van der Waals surface area contributed by atoms with Gasteiger partial charge in [0, 0.05) is 12.6 Å². The van der Waals surface area contributed by atoms with Crippen LogP contribution in [0.15, 0.2) is 18.2 Å². The van der Waals surface area contributed by atoms with E-state index in [1.54, 1.807) is 0 Å². The topological polar surface area (TPSA) is 47.8 Å². The highest BCUT2D eigenvalue weighted by atomic mass is 14.9. The van der Waals surface area contributed by atoms with Crippen LogP contribution in [0.25, 0.3) is 0 Å². The number of benzene rings is 1. The molecule has 1 aromatic rings. The Hall–Kier alpha value is -1.37. The molecule has 0 heterocycles. The summed E-state index contributed by atoms with van der Waals surface area (Å²) in [6.07, 6.45) is 0. The molecule has 0 aliphatic rings. The van der Waals surface area contributed by atoms with Crippen LogP contribution in [-0.4, -0.2) is 20.6 Å². The van der Waals surface area contributed by atoms with Crippen molar-refractivity contribution in [1.29, 1.82) is 5.26 Å². The largest absolute Gasteiger partial charge is 0.318 e. The van der Waals surface area contributed by atoms with Gasteiger partial charge in [-0.3, -0.25) is 0 Å². The Morgan fingerprint density at radius 1 is 1.40 bits per heavy atom. The molecule has 1 rings (SSSR count). The summed E-state index contributed by atoms with van der Waals surface area (Å²) in [6.45, 7) is 2.92. The number of nitrogens with one attached hydrogen (secondary N) is 2. The highest BCUT2D eigenvalue weighted by Crippen LogP contribution is 2.18. The van der Waals surface area contributed by atoms with Crippen LogP contribution in [0.1, 0.15) is 22.7 Å². The molecule has 0 amide bonds. The number of hydrogen-bond acceptors (Lipinski definition) is 3. The number of nitriles is 1. The zero-order valence-electron chi connectivity index (χ0n) is 9.46. The van der Waals surface area contributed by atoms with Gasteiger partial charge in [0.05, 0.1) is 11.6 Å². The lowest BCUT2D eigenvalue weighted by molar-refractivity contribution is 0.556. The van der Waals surface area contributed by atoms with E-state index in [0.29, 0.717) is 6.04 Å². The van der Waals surface area contributed by atoms with Crippen molar-refractivity contribution in [2.75, 3.05) is 20.6 Å². The maximum atomic E-state index is 8.77. The molecule has 0 spiro atoms. The first-order valence-electron chi connectivity index (χ1n) is 5.05. The van der Waals surface area contributed by atoms with Gasteiger partial charge in [-0.15, -0.1) is 0 Å². The van der Waals surface area contributed by atoms with E-state index in [4.69, 9.17) is 5.26 Å². The summed E-state index contributed by atoms with van der Waals surface area (Å²) >= 11 is 0. The van der Waals surface area contributed by atoms with Gasteiger partial charge in [0.25, 0.3) is 0 Å². The smallest absolute Gasteiger partial charge is 0.0991 e. The van der Waals surface area contributed by atoms with Crippen LogP contribution in [0.3, 0.4) is 0 Å². The zero-order chi connectivity index (χ0) is 11.3. The molecule has 3 heteroatoms. The molecule has 3 nitrogen and oxygen atoms in total. The summed E-state index contributed by atoms with van der Waals surface area (Å²) < 4.78 is 0. The minimum atomic E-state index is 0.294. The first-order chi connectivity index (χ1) is 7.22. The number of rotatable bonds is 4. The predicted octanol–water partition coefficient (Wildman–Crippen LogP) is 1.35. The van der Waals surface area contributed by atoms with E-state index in [9.17, 15) is 0 Å². The highest BCUT2D eigenvalue weighted by molar-refractivity contribution is 5.39. The van der Waals surface area contributed by atoms with E-state index in [1.165, 1.54) is 5.56 Å². The van der Waals surface area contributed by atoms with Crippen LogP contribution in [0, 0.1) is 18.3 Å². The molecule has 0 aliphatic heterocycles. The Kier molecular flexibility index (Phi) is 4.29. The van der Waals surface area contributed by atoms with Crippen molar-refractivity contribution in [3.63, 3.8) is 0 Å². The van der Waals surface area contributed by atoms with Crippen molar-refractivity contribution in [2.24, 2.45) is 0 Å². The van der Waals surface area contributed by atoms with Crippen LogP contribution in [0.5, 0.6) is 0 Å². The lowest BCUT2D eigenvalue weighted by Gasteiger charge is -2.18. The second-order valence-corrected chi connectivity index (χ2v) is 3.58. The molecule has 80 valence electrons. The second-order valence-electron chi connectivity index (χ2n) is 3.58. The van der Waals surface area contributed by atoms with Gasteiger partial charge >= 0.3 is 0 Å². The number of nitrogens with zero attached hydrogens (tertiary/aromatic N) is 1. The normalized spacial score (nSPS) is 12.1. The molecule has 0 bridgehead atoms. The van der Waals surface area contributed by atoms with Crippen LogP contribution in [0.2, 0.25) is 0 Å². The van der Waals surface area contributed by atoms with Gasteiger partial charge in [-0.2, -0.15) is 5.26 Å². The van der Waals surface area contributed by atoms with E-state index in [2.05, 4.69) is 16.7 Å². The molecule has 0 aromatic heterocycles. The fourth-order valence-corrected chi connectivity index (χ4v) is 1.71. The van der Waals surface area contributed by atoms with E-state index in [0.717, 1.165) is 17.7 Å². The summed E-state index contributed by atoms with van der Waals surface area (Å²) in [6, 6.07) is 8.25. The summed E-state index contributed by atoms with van der Waals surface area (Å²) in [4.78, 5) is 0.